The van der Waals surface area contributed by atoms with Crippen LogP contribution in [0.15, 0.2) is 47.4 Å². The van der Waals surface area contributed by atoms with Crippen molar-refractivity contribution >= 4 is 15.9 Å². The van der Waals surface area contributed by atoms with E-state index in [1.807, 2.05) is 0 Å². The lowest BCUT2D eigenvalue weighted by molar-refractivity contribution is 0.0950. The van der Waals surface area contributed by atoms with Gasteiger partial charge in [-0.15, -0.1) is 0 Å². The van der Waals surface area contributed by atoms with Crippen LogP contribution < -0.4 is 19.5 Å². The zero-order valence-electron chi connectivity index (χ0n) is 15.8. The maximum atomic E-state index is 12.5. The third-order valence-corrected chi connectivity index (χ3v) is 5.38. The topological polar surface area (TPSA) is 93.7 Å². The van der Waals surface area contributed by atoms with Crippen LogP contribution in [0.1, 0.15) is 29.8 Å². The van der Waals surface area contributed by atoms with Crippen molar-refractivity contribution in [3.05, 3.63) is 53.6 Å². The molecule has 2 aromatic carbocycles. The summed E-state index contributed by atoms with van der Waals surface area (Å²) in [4.78, 5) is 12.5. The van der Waals surface area contributed by atoms with Gasteiger partial charge in [0, 0.05) is 23.7 Å². The van der Waals surface area contributed by atoms with E-state index in [9.17, 15) is 13.2 Å². The highest BCUT2D eigenvalue weighted by Gasteiger charge is 2.17. The molecule has 1 amide bonds. The lowest BCUT2D eigenvalue weighted by Gasteiger charge is -2.12. The molecule has 2 aromatic rings. The summed E-state index contributed by atoms with van der Waals surface area (Å²) >= 11 is 0. The van der Waals surface area contributed by atoms with E-state index in [1.165, 1.54) is 18.2 Å². The normalized spacial score (nSPS) is 11.3. The molecule has 0 aliphatic heterocycles. The van der Waals surface area contributed by atoms with Gasteiger partial charge in [0.25, 0.3) is 5.91 Å². The second-order valence-corrected chi connectivity index (χ2v) is 7.88. The lowest BCUT2D eigenvalue weighted by atomic mass is 10.1. The number of benzene rings is 2. The van der Waals surface area contributed by atoms with Crippen molar-refractivity contribution in [2.45, 2.75) is 31.3 Å². The number of amides is 1. The van der Waals surface area contributed by atoms with Gasteiger partial charge in [-0.3, -0.25) is 4.79 Å². The molecule has 0 saturated carbocycles. The maximum Gasteiger partial charge on any atom is 0.251 e. The number of carbonyl (C=O) groups excluding carboxylic acids is 1. The molecule has 0 unspecified atom stereocenters. The lowest BCUT2D eigenvalue weighted by Crippen LogP contribution is -2.30. The summed E-state index contributed by atoms with van der Waals surface area (Å²) in [7, 11) is -0.567. The molecule has 0 aromatic heterocycles. The number of ether oxygens (including phenoxy) is 2. The van der Waals surface area contributed by atoms with Crippen molar-refractivity contribution in [2.24, 2.45) is 0 Å². The number of hydrogen-bond acceptors (Lipinski definition) is 5. The summed E-state index contributed by atoms with van der Waals surface area (Å²) in [6.07, 6.45) is 0. The second-order valence-electron chi connectivity index (χ2n) is 6.16. The summed E-state index contributed by atoms with van der Waals surface area (Å²) in [6, 6.07) is 10.9. The van der Waals surface area contributed by atoms with Gasteiger partial charge in [-0.05, 0) is 50.2 Å². The number of hydrogen-bond donors (Lipinski definition) is 2. The van der Waals surface area contributed by atoms with Crippen LogP contribution >= 0.6 is 0 Å². The molecule has 0 spiro atoms. The van der Waals surface area contributed by atoms with Crippen LogP contribution in [0.3, 0.4) is 0 Å². The minimum Gasteiger partial charge on any atom is -0.497 e. The zero-order chi connectivity index (χ0) is 20.0. The van der Waals surface area contributed by atoms with Crippen molar-refractivity contribution in [1.29, 1.82) is 0 Å². The number of rotatable bonds is 8. The Morgan fingerprint density at radius 2 is 1.81 bits per heavy atom. The Bertz CT molecular complexity index is 910. The van der Waals surface area contributed by atoms with Crippen molar-refractivity contribution in [1.82, 2.24) is 10.0 Å². The molecule has 27 heavy (non-hydrogen) atoms. The average Bonchev–Trinajstić information content (AvgIpc) is 2.64. The fourth-order valence-corrected chi connectivity index (χ4v) is 3.78. The molecule has 0 atom stereocenters. The van der Waals surface area contributed by atoms with Gasteiger partial charge < -0.3 is 14.8 Å². The second kappa shape index (κ2) is 8.88. The van der Waals surface area contributed by atoms with Gasteiger partial charge in [-0.25, -0.2) is 13.1 Å². The molecule has 0 radical (unpaired) electrons. The Morgan fingerprint density at radius 1 is 1.07 bits per heavy atom. The van der Waals surface area contributed by atoms with Crippen molar-refractivity contribution < 1.29 is 22.7 Å². The molecule has 2 N–H and O–H groups in total. The van der Waals surface area contributed by atoms with Crippen molar-refractivity contribution in [3.8, 4) is 11.5 Å². The van der Waals surface area contributed by atoms with Crippen LogP contribution in [0.5, 0.6) is 11.5 Å². The van der Waals surface area contributed by atoms with Crippen LogP contribution in [-0.4, -0.2) is 34.6 Å². The smallest absolute Gasteiger partial charge is 0.251 e. The van der Waals surface area contributed by atoms with Crippen LogP contribution in [0.4, 0.5) is 0 Å². The fourth-order valence-electron chi connectivity index (χ4n) is 2.48. The van der Waals surface area contributed by atoms with E-state index < -0.39 is 10.0 Å². The van der Waals surface area contributed by atoms with Gasteiger partial charge in [-0.2, -0.15) is 0 Å². The van der Waals surface area contributed by atoms with E-state index in [1.54, 1.807) is 52.3 Å². The van der Waals surface area contributed by atoms with E-state index >= 15 is 0 Å². The first-order valence-electron chi connectivity index (χ1n) is 8.38. The number of carbonyl (C=O) groups is 1. The highest BCUT2D eigenvalue weighted by molar-refractivity contribution is 7.89. The molecule has 2 rings (SSSR count). The standard InChI is InChI=1S/C19H24N2O5S/c1-13(2)21-27(23,24)17-7-5-6-14(11-17)19(22)20-12-15-10-16(25-3)8-9-18(15)26-4/h5-11,13,21H,12H2,1-4H3,(H,20,22). The Morgan fingerprint density at radius 3 is 2.44 bits per heavy atom. The summed E-state index contributed by atoms with van der Waals surface area (Å²) < 4.78 is 37.5. The van der Waals surface area contributed by atoms with Gasteiger partial charge in [-0.1, -0.05) is 6.07 Å². The molecular weight excluding hydrogens is 368 g/mol. The highest BCUT2D eigenvalue weighted by Crippen LogP contribution is 2.24. The van der Waals surface area contributed by atoms with E-state index in [4.69, 9.17) is 9.47 Å². The molecule has 0 aliphatic rings. The van der Waals surface area contributed by atoms with Gasteiger partial charge in [0.2, 0.25) is 10.0 Å². The van der Waals surface area contributed by atoms with Crippen molar-refractivity contribution in [3.63, 3.8) is 0 Å². The minimum absolute atomic E-state index is 0.0443. The number of methoxy groups -OCH3 is 2. The molecule has 8 heteroatoms. The SMILES string of the molecule is COc1ccc(OC)c(CNC(=O)c2cccc(S(=O)(=O)NC(C)C)c2)c1. The third kappa shape index (κ3) is 5.45. The molecule has 146 valence electrons. The Hall–Kier alpha value is -2.58. The monoisotopic (exact) mass is 392 g/mol. The molecule has 0 aliphatic carbocycles. The molecule has 0 bridgehead atoms. The average molecular weight is 392 g/mol. The summed E-state index contributed by atoms with van der Waals surface area (Å²) in [5, 5.41) is 2.77. The van der Waals surface area contributed by atoms with E-state index in [2.05, 4.69) is 10.0 Å². The summed E-state index contributed by atoms with van der Waals surface area (Å²) in [6.45, 7) is 3.67. The highest BCUT2D eigenvalue weighted by atomic mass is 32.2. The van der Waals surface area contributed by atoms with Gasteiger partial charge in [0.15, 0.2) is 0 Å². The largest absolute Gasteiger partial charge is 0.497 e. The molecule has 0 fully saturated rings. The Kier molecular flexibility index (Phi) is 6.81. The summed E-state index contributed by atoms with van der Waals surface area (Å²) in [5.74, 6) is 0.878. The predicted octanol–water partition coefficient (Wildman–Crippen LogP) is 2.32. The molecule has 0 heterocycles. The van der Waals surface area contributed by atoms with Crippen molar-refractivity contribution in [2.75, 3.05) is 14.2 Å². The first-order chi connectivity index (χ1) is 12.8. The molecule has 7 nitrogen and oxygen atoms in total. The van der Waals surface area contributed by atoms with Gasteiger partial charge in [0.05, 0.1) is 19.1 Å². The number of sulfonamides is 1. The van der Waals surface area contributed by atoms with Gasteiger partial charge in [0.1, 0.15) is 11.5 Å². The predicted molar refractivity (Wildman–Crippen MR) is 103 cm³/mol. The molecule has 0 saturated heterocycles. The first-order valence-corrected chi connectivity index (χ1v) is 9.86. The maximum absolute atomic E-state index is 12.5. The summed E-state index contributed by atoms with van der Waals surface area (Å²) in [5.41, 5.74) is 0.999. The number of nitrogens with one attached hydrogen (secondary N) is 2. The Balaban J connectivity index is 2.17. The Labute approximate surface area is 159 Å². The molecular formula is C19H24N2O5S. The fraction of sp³-hybridized carbons (Fsp3) is 0.316. The van der Waals surface area contributed by atoms with E-state index in [0.717, 1.165) is 5.56 Å². The first kappa shape index (κ1) is 20.7. The zero-order valence-corrected chi connectivity index (χ0v) is 16.6. The third-order valence-electron chi connectivity index (χ3n) is 3.72. The van der Waals surface area contributed by atoms with Crippen LogP contribution in [0.25, 0.3) is 0 Å². The van der Waals surface area contributed by atoms with Crippen LogP contribution in [0.2, 0.25) is 0 Å². The van der Waals surface area contributed by atoms with E-state index in [-0.39, 0.29) is 29.0 Å². The quantitative estimate of drug-likeness (QED) is 0.719. The minimum atomic E-state index is -3.67. The van der Waals surface area contributed by atoms with Gasteiger partial charge >= 0.3 is 0 Å². The van der Waals surface area contributed by atoms with Crippen LogP contribution in [-0.2, 0) is 16.6 Å². The van der Waals surface area contributed by atoms with E-state index in [0.29, 0.717) is 11.5 Å². The van der Waals surface area contributed by atoms with Crippen LogP contribution in [0, 0.1) is 0 Å².